The molecule has 0 aromatic heterocycles. The lowest BCUT2D eigenvalue weighted by Gasteiger charge is -2.27. The normalized spacial score (nSPS) is 11.9. The molecule has 0 N–H and O–H groups in total. The standard InChI is InChI=1S/C14H23O2Si2/c1-7-18(15-3,16-4)14-10-8-9-13(11-14)12(2)17(5)6/h8-11H,2,7H2,1,3-6H3. The molecule has 0 aliphatic rings. The Hall–Kier alpha value is -0.686. The van der Waals surface area contributed by atoms with Crippen molar-refractivity contribution in [3.05, 3.63) is 36.4 Å². The first-order valence-electron chi connectivity index (χ1n) is 6.21. The minimum atomic E-state index is -2.24. The van der Waals surface area contributed by atoms with Gasteiger partial charge in [-0.3, -0.25) is 0 Å². The van der Waals surface area contributed by atoms with E-state index >= 15 is 0 Å². The Morgan fingerprint density at radius 2 is 1.89 bits per heavy atom. The van der Waals surface area contributed by atoms with Crippen LogP contribution in [0.3, 0.4) is 0 Å². The van der Waals surface area contributed by atoms with Crippen molar-refractivity contribution in [2.75, 3.05) is 14.2 Å². The second-order valence-corrected chi connectivity index (χ2v) is 10.8. The molecular weight excluding hydrogens is 256 g/mol. The van der Waals surface area contributed by atoms with Crippen molar-refractivity contribution < 1.29 is 8.85 Å². The van der Waals surface area contributed by atoms with Crippen LogP contribution in [0.25, 0.3) is 5.20 Å². The second kappa shape index (κ2) is 6.47. The predicted molar refractivity (Wildman–Crippen MR) is 82.8 cm³/mol. The maximum Gasteiger partial charge on any atom is 0.371 e. The molecule has 1 aromatic carbocycles. The van der Waals surface area contributed by atoms with Crippen LogP contribution >= 0.6 is 0 Å². The Labute approximate surface area is 113 Å². The second-order valence-electron chi connectivity index (χ2n) is 4.57. The first kappa shape index (κ1) is 15.4. The molecular formula is C14H23O2Si2. The Kier molecular flexibility index (Phi) is 5.53. The summed E-state index contributed by atoms with van der Waals surface area (Å²) in [5, 5.41) is 2.45. The highest BCUT2D eigenvalue weighted by molar-refractivity contribution is 6.81. The fourth-order valence-electron chi connectivity index (χ4n) is 2.04. The van der Waals surface area contributed by atoms with Gasteiger partial charge in [0.05, 0.1) is 8.80 Å². The fraction of sp³-hybridized carbons (Fsp3) is 0.429. The lowest BCUT2D eigenvalue weighted by atomic mass is 10.2. The third kappa shape index (κ3) is 3.00. The average molecular weight is 280 g/mol. The molecule has 0 aliphatic heterocycles. The summed E-state index contributed by atoms with van der Waals surface area (Å²) in [7, 11) is 0.749. The highest BCUT2D eigenvalue weighted by Gasteiger charge is 2.36. The van der Waals surface area contributed by atoms with Crippen molar-refractivity contribution in [1.82, 2.24) is 0 Å². The molecule has 2 nitrogen and oxygen atoms in total. The van der Waals surface area contributed by atoms with E-state index in [1.54, 1.807) is 14.2 Å². The monoisotopic (exact) mass is 279 g/mol. The molecule has 0 bridgehead atoms. The predicted octanol–water partition coefficient (Wildman–Crippen LogP) is 2.96. The molecule has 0 heterocycles. The van der Waals surface area contributed by atoms with E-state index in [9.17, 15) is 0 Å². The van der Waals surface area contributed by atoms with Crippen LogP contribution in [-0.2, 0) is 8.85 Å². The third-order valence-electron chi connectivity index (χ3n) is 3.38. The van der Waals surface area contributed by atoms with Gasteiger partial charge in [0.15, 0.2) is 0 Å². The first-order valence-corrected chi connectivity index (χ1v) is 10.7. The highest BCUT2D eigenvalue weighted by Crippen LogP contribution is 2.18. The molecule has 1 radical (unpaired) electrons. The molecule has 0 spiro atoms. The lowest BCUT2D eigenvalue weighted by molar-refractivity contribution is 0.259. The van der Waals surface area contributed by atoms with Crippen molar-refractivity contribution in [3.63, 3.8) is 0 Å². The van der Waals surface area contributed by atoms with Crippen LogP contribution in [0.4, 0.5) is 0 Å². The van der Waals surface area contributed by atoms with Crippen molar-refractivity contribution in [3.8, 4) is 0 Å². The van der Waals surface area contributed by atoms with Gasteiger partial charge in [0.25, 0.3) is 0 Å². The van der Waals surface area contributed by atoms with E-state index < -0.39 is 17.4 Å². The molecule has 0 saturated heterocycles. The average Bonchev–Trinajstić information content (AvgIpc) is 2.41. The number of rotatable bonds is 6. The van der Waals surface area contributed by atoms with Gasteiger partial charge in [-0.15, -0.1) is 0 Å². The van der Waals surface area contributed by atoms with Crippen molar-refractivity contribution in [1.29, 1.82) is 0 Å². The zero-order valence-corrected chi connectivity index (χ0v) is 14.0. The summed E-state index contributed by atoms with van der Waals surface area (Å²) in [6.45, 7) is 10.8. The first-order chi connectivity index (χ1) is 8.50. The van der Waals surface area contributed by atoms with Gasteiger partial charge in [-0.1, -0.05) is 56.1 Å². The molecule has 99 valence electrons. The summed E-state index contributed by atoms with van der Waals surface area (Å²) in [6.07, 6.45) is 0. The highest BCUT2D eigenvalue weighted by atomic mass is 28.4. The van der Waals surface area contributed by atoms with Gasteiger partial charge in [0, 0.05) is 14.2 Å². The van der Waals surface area contributed by atoms with Crippen molar-refractivity contribution >= 4 is 27.7 Å². The minimum absolute atomic E-state index is 0.506. The molecule has 0 aliphatic carbocycles. The van der Waals surface area contributed by atoms with Gasteiger partial charge >= 0.3 is 8.56 Å². The van der Waals surface area contributed by atoms with E-state index in [0.29, 0.717) is 0 Å². The van der Waals surface area contributed by atoms with E-state index in [1.807, 2.05) is 0 Å². The summed E-state index contributed by atoms with van der Waals surface area (Å²) in [5.41, 5.74) is 1.23. The molecule has 4 heteroatoms. The number of hydrogen-bond acceptors (Lipinski definition) is 2. The van der Waals surface area contributed by atoms with Gasteiger partial charge in [0.1, 0.15) is 0 Å². The lowest BCUT2D eigenvalue weighted by Crippen LogP contribution is -2.51. The van der Waals surface area contributed by atoms with Crippen molar-refractivity contribution in [2.45, 2.75) is 26.1 Å². The SMILES string of the molecule is C=C(c1cccc([Si](CC)(OC)OC)c1)[Si](C)C. The van der Waals surface area contributed by atoms with Crippen LogP contribution in [0.1, 0.15) is 12.5 Å². The Morgan fingerprint density at radius 1 is 1.28 bits per heavy atom. The van der Waals surface area contributed by atoms with E-state index in [-0.39, 0.29) is 0 Å². The smallest absolute Gasteiger partial charge is 0.371 e. The van der Waals surface area contributed by atoms with E-state index in [2.05, 4.69) is 50.9 Å². The fourth-order valence-corrected chi connectivity index (χ4v) is 5.13. The molecule has 1 aromatic rings. The molecule has 1 rings (SSSR count). The molecule has 0 fully saturated rings. The quantitative estimate of drug-likeness (QED) is 0.745. The summed E-state index contributed by atoms with van der Waals surface area (Å²) in [4.78, 5) is 0. The maximum absolute atomic E-state index is 5.71. The molecule has 0 atom stereocenters. The van der Waals surface area contributed by atoms with E-state index in [0.717, 1.165) is 6.04 Å². The van der Waals surface area contributed by atoms with Gasteiger partial charge in [-0.2, -0.15) is 0 Å². The van der Waals surface area contributed by atoms with Crippen LogP contribution in [0.5, 0.6) is 0 Å². The molecule has 0 unspecified atom stereocenters. The van der Waals surface area contributed by atoms with Crippen LogP contribution < -0.4 is 5.19 Å². The largest absolute Gasteiger partial charge is 0.394 e. The molecule has 0 amide bonds. The summed E-state index contributed by atoms with van der Waals surface area (Å²) in [6, 6.07) is 9.42. The van der Waals surface area contributed by atoms with E-state index in [1.165, 1.54) is 15.9 Å². The molecule has 0 saturated carbocycles. The maximum atomic E-state index is 5.71. The van der Waals surface area contributed by atoms with Crippen LogP contribution in [0, 0.1) is 0 Å². The summed E-state index contributed by atoms with van der Waals surface area (Å²) < 4.78 is 11.4. The molecule has 18 heavy (non-hydrogen) atoms. The van der Waals surface area contributed by atoms with Crippen LogP contribution in [0.15, 0.2) is 30.8 Å². The van der Waals surface area contributed by atoms with E-state index in [4.69, 9.17) is 8.85 Å². The number of benzene rings is 1. The van der Waals surface area contributed by atoms with Crippen LogP contribution in [0.2, 0.25) is 19.1 Å². The van der Waals surface area contributed by atoms with Crippen LogP contribution in [-0.4, -0.2) is 31.6 Å². The summed E-state index contributed by atoms with van der Waals surface area (Å²) in [5.74, 6) is 0. The van der Waals surface area contributed by atoms with Gasteiger partial charge < -0.3 is 8.85 Å². The minimum Gasteiger partial charge on any atom is -0.394 e. The Bertz CT molecular complexity index is 404. The van der Waals surface area contributed by atoms with Gasteiger partial charge in [0.2, 0.25) is 0 Å². The zero-order chi connectivity index (χ0) is 13.8. The third-order valence-corrected chi connectivity index (χ3v) is 8.32. The topological polar surface area (TPSA) is 18.5 Å². The van der Waals surface area contributed by atoms with Gasteiger partial charge in [-0.25, -0.2) is 0 Å². The Morgan fingerprint density at radius 3 is 2.33 bits per heavy atom. The van der Waals surface area contributed by atoms with Gasteiger partial charge in [-0.05, 0) is 16.8 Å². The van der Waals surface area contributed by atoms with Crippen molar-refractivity contribution in [2.24, 2.45) is 0 Å². The number of hydrogen-bond donors (Lipinski definition) is 0. The Balaban J connectivity index is 3.19. The summed E-state index contributed by atoms with van der Waals surface area (Å²) >= 11 is 0. The zero-order valence-electron chi connectivity index (χ0n) is 12.0.